The number of nitrogens with zero attached hydrogens (tertiary/aromatic N) is 4. The first-order valence-corrected chi connectivity index (χ1v) is 13.3. The van der Waals surface area contributed by atoms with E-state index in [1.165, 1.54) is 6.92 Å². The summed E-state index contributed by atoms with van der Waals surface area (Å²) in [7, 11) is -3.97. The van der Waals surface area contributed by atoms with Crippen LogP contribution in [-0.2, 0) is 13.9 Å². The highest BCUT2D eigenvalue weighted by Crippen LogP contribution is 2.46. The van der Waals surface area contributed by atoms with Gasteiger partial charge in [-0.05, 0) is 38.3 Å². The minimum Gasteiger partial charge on any atom is -0.480 e. The zero-order valence-electron chi connectivity index (χ0n) is 19.7. The van der Waals surface area contributed by atoms with E-state index in [0.717, 1.165) is 12.8 Å². The first-order valence-electron chi connectivity index (χ1n) is 11.7. The number of hydrogen-bond acceptors (Lipinski definition) is 9. The predicted molar refractivity (Wildman–Crippen MR) is 134 cm³/mol. The lowest BCUT2D eigenvalue weighted by atomic mass is 10.1. The lowest BCUT2D eigenvalue weighted by Crippen LogP contribution is -2.33. The number of nitrogens with two attached hydrogens (primary N) is 1. The highest BCUT2D eigenvalue weighted by molar-refractivity contribution is 7.52. The molecule has 2 heterocycles. The summed E-state index contributed by atoms with van der Waals surface area (Å²) in [5, 5.41) is 15.1. The number of allylic oxidation sites excluding steroid dienone is 1. The molecule has 13 heteroatoms. The molecule has 5 rings (SSSR count). The van der Waals surface area contributed by atoms with E-state index >= 15 is 0 Å². The number of aromatic nitrogens is 4. The third-order valence-corrected chi connectivity index (χ3v) is 7.66. The number of carboxylic acid groups (broad SMARTS) is 1. The van der Waals surface area contributed by atoms with Crippen LogP contribution in [0.5, 0.6) is 5.75 Å². The first kappa shape index (κ1) is 24.2. The van der Waals surface area contributed by atoms with Gasteiger partial charge in [0.1, 0.15) is 11.8 Å². The maximum absolute atomic E-state index is 13.4. The molecule has 36 heavy (non-hydrogen) atoms. The van der Waals surface area contributed by atoms with Crippen LogP contribution in [0.3, 0.4) is 0 Å². The molecule has 0 aliphatic heterocycles. The number of para-hydroxylation sites is 1. The second kappa shape index (κ2) is 9.88. The number of nitrogen functional groups attached to an aromatic ring is 1. The lowest BCUT2D eigenvalue weighted by Gasteiger charge is -2.23. The molecular weight excluding hydrogens is 485 g/mol. The molecule has 0 saturated heterocycles. The van der Waals surface area contributed by atoms with E-state index in [0.29, 0.717) is 35.2 Å². The normalized spacial score (nSPS) is 21.8. The van der Waals surface area contributed by atoms with E-state index in [2.05, 4.69) is 25.4 Å². The van der Waals surface area contributed by atoms with Crippen LogP contribution in [-0.4, -0.2) is 49.3 Å². The molecule has 2 aromatic heterocycles. The monoisotopic (exact) mass is 513 g/mol. The molecule has 190 valence electrons. The van der Waals surface area contributed by atoms with Crippen molar-refractivity contribution in [1.29, 1.82) is 0 Å². The van der Waals surface area contributed by atoms with Crippen LogP contribution in [0, 0.1) is 5.92 Å². The largest absolute Gasteiger partial charge is 0.480 e. The molecule has 0 radical (unpaired) electrons. The van der Waals surface area contributed by atoms with Crippen LogP contribution in [0.15, 0.2) is 48.8 Å². The van der Waals surface area contributed by atoms with Crippen molar-refractivity contribution in [2.75, 3.05) is 17.7 Å². The van der Waals surface area contributed by atoms with Gasteiger partial charge in [0.15, 0.2) is 17.0 Å². The highest BCUT2D eigenvalue weighted by Gasteiger charge is 2.33. The Labute approximate surface area is 207 Å². The highest BCUT2D eigenvalue weighted by atomic mass is 31.2. The molecule has 2 aliphatic rings. The number of fused-ring (bicyclic) bond motifs is 1. The van der Waals surface area contributed by atoms with Gasteiger partial charge in [-0.1, -0.05) is 30.4 Å². The number of aliphatic carboxylic acids is 1. The Morgan fingerprint density at radius 3 is 2.78 bits per heavy atom. The molecule has 0 bridgehead atoms. The van der Waals surface area contributed by atoms with Gasteiger partial charge < -0.3 is 25.2 Å². The van der Waals surface area contributed by atoms with Crippen LogP contribution in [0.25, 0.3) is 11.2 Å². The van der Waals surface area contributed by atoms with E-state index in [1.54, 1.807) is 36.7 Å². The Bertz CT molecular complexity index is 1330. The van der Waals surface area contributed by atoms with Crippen molar-refractivity contribution >= 4 is 36.6 Å². The summed E-state index contributed by atoms with van der Waals surface area (Å²) in [6.07, 6.45) is 8.53. The second-order valence-corrected chi connectivity index (χ2v) is 10.7. The molecule has 12 nitrogen and oxygen atoms in total. The molecule has 5 N–H and O–H groups in total. The van der Waals surface area contributed by atoms with Gasteiger partial charge in [0.05, 0.1) is 19.0 Å². The lowest BCUT2D eigenvalue weighted by molar-refractivity contribution is -0.138. The maximum atomic E-state index is 13.4. The van der Waals surface area contributed by atoms with Crippen molar-refractivity contribution in [3.05, 3.63) is 48.8 Å². The van der Waals surface area contributed by atoms with Gasteiger partial charge in [0.25, 0.3) is 0 Å². The van der Waals surface area contributed by atoms with Crippen molar-refractivity contribution in [3.63, 3.8) is 0 Å². The van der Waals surface area contributed by atoms with E-state index in [4.69, 9.17) is 14.8 Å². The summed E-state index contributed by atoms with van der Waals surface area (Å²) in [6.45, 7) is 1.44. The van der Waals surface area contributed by atoms with Gasteiger partial charge in [-0.25, -0.2) is 9.55 Å². The van der Waals surface area contributed by atoms with Gasteiger partial charge >= 0.3 is 13.7 Å². The van der Waals surface area contributed by atoms with Crippen LogP contribution >= 0.6 is 7.75 Å². The SMILES string of the molecule is CC(NP(=O)(OC[C@@H]1C=C[C@H](n2cnc3c(NC4CC4)nc(N)nc32)C1)Oc1ccccc1)C(=O)O. The smallest absolute Gasteiger partial charge is 0.459 e. The summed E-state index contributed by atoms with van der Waals surface area (Å²) in [6, 6.07) is 7.69. The van der Waals surface area contributed by atoms with E-state index < -0.39 is 19.8 Å². The summed E-state index contributed by atoms with van der Waals surface area (Å²) in [4.78, 5) is 24.6. The number of nitrogens with one attached hydrogen (secondary N) is 2. The van der Waals surface area contributed by atoms with Crippen LogP contribution < -0.4 is 20.7 Å². The summed E-state index contributed by atoms with van der Waals surface area (Å²) >= 11 is 0. The fourth-order valence-corrected chi connectivity index (χ4v) is 5.53. The number of hydrogen-bond donors (Lipinski definition) is 4. The Balaban J connectivity index is 1.27. The number of anilines is 2. The third kappa shape index (κ3) is 5.51. The van der Waals surface area contributed by atoms with Gasteiger partial charge in [0, 0.05) is 12.0 Å². The van der Waals surface area contributed by atoms with E-state index in [1.807, 2.05) is 16.7 Å². The molecule has 0 spiro atoms. The zero-order valence-corrected chi connectivity index (χ0v) is 20.5. The van der Waals surface area contributed by atoms with Gasteiger partial charge in [-0.15, -0.1) is 0 Å². The number of rotatable bonds is 11. The molecular formula is C23H28N7O5P. The fraction of sp³-hybridized carbons (Fsp3) is 0.391. The summed E-state index contributed by atoms with van der Waals surface area (Å²) < 4.78 is 26.6. The number of carboxylic acids is 1. The van der Waals surface area contributed by atoms with Gasteiger partial charge in [-0.3, -0.25) is 9.32 Å². The molecule has 1 aromatic carbocycles. The molecule has 2 unspecified atom stereocenters. The second-order valence-electron chi connectivity index (χ2n) is 9.01. The van der Waals surface area contributed by atoms with Gasteiger partial charge in [-0.2, -0.15) is 15.1 Å². The average Bonchev–Trinajstić information content (AvgIpc) is 3.35. The number of imidazole rings is 1. The Hall–Kier alpha value is -3.47. The molecule has 1 saturated carbocycles. The quantitative estimate of drug-likeness (QED) is 0.219. The molecule has 1 fully saturated rings. The van der Waals surface area contributed by atoms with Crippen molar-refractivity contribution in [1.82, 2.24) is 24.6 Å². The zero-order chi connectivity index (χ0) is 25.3. The molecule has 0 amide bonds. The number of carbonyl (C=O) groups is 1. The molecule has 4 atom stereocenters. The van der Waals surface area contributed by atoms with Crippen LogP contribution in [0.4, 0.5) is 11.8 Å². The van der Waals surface area contributed by atoms with Crippen molar-refractivity contribution < 1.29 is 23.5 Å². The molecule has 2 aliphatic carbocycles. The van der Waals surface area contributed by atoms with Crippen molar-refractivity contribution in [2.24, 2.45) is 5.92 Å². The van der Waals surface area contributed by atoms with Crippen LogP contribution in [0.1, 0.15) is 32.2 Å². The fourth-order valence-electron chi connectivity index (χ4n) is 3.98. The first-order chi connectivity index (χ1) is 17.3. The number of benzene rings is 1. The van der Waals surface area contributed by atoms with E-state index in [-0.39, 0.29) is 24.5 Å². The average molecular weight is 513 g/mol. The minimum atomic E-state index is -3.97. The summed E-state index contributed by atoms with van der Waals surface area (Å²) in [5.41, 5.74) is 7.26. The Morgan fingerprint density at radius 1 is 1.28 bits per heavy atom. The minimum absolute atomic E-state index is 0.0630. The standard InChI is InChI=1S/C23H28N7O5P/c1-14(22(31)32)29-36(33,35-18-5-3-2-4-6-18)34-12-15-7-10-17(11-15)30-13-25-19-20(26-16-8-9-16)27-23(24)28-21(19)30/h2-7,10,13-17H,8-9,11-12H2,1H3,(H,29,33)(H,31,32)(H3,24,26,27,28)/t14?,15-,17+,36?/m1/s1. The topological polar surface area (TPSA) is 167 Å². The summed E-state index contributed by atoms with van der Waals surface area (Å²) in [5.74, 6) is -0.140. The third-order valence-electron chi connectivity index (χ3n) is 6.01. The van der Waals surface area contributed by atoms with Crippen molar-refractivity contribution in [2.45, 2.75) is 44.3 Å². The maximum Gasteiger partial charge on any atom is 0.459 e. The Kier molecular flexibility index (Phi) is 6.65. The van der Waals surface area contributed by atoms with E-state index in [9.17, 15) is 14.5 Å². The van der Waals surface area contributed by atoms with Crippen LogP contribution in [0.2, 0.25) is 0 Å². The predicted octanol–water partition coefficient (Wildman–Crippen LogP) is 3.37. The van der Waals surface area contributed by atoms with Crippen molar-refractivity contribution in [3.8, 4) is 5.75 Å². The molecule has 3 aromatic rings. The van der Waals surface area contributed by atoms with Gasteiger partial charge in [0.2, 0.25) is 5.95 Å². The Morgan fingerprint density at radius 2 is 2.06 bits per heavy atom.